The fourth-order valence-electron chi connectivity index (χ4n) is 1.64. The molecule has 8 heteroatoms. The number of nitrogens with one attached hydrogen (secondary N) is 1. The molecular formula is C13H15N5O3. The van der Waals surface area contributed by atoms with Gasteiger partial charge in [-0.15, -0.1) is 0 Å². The minimum absolute atomic E-state index is 0.0274. The van der Waals surface area contributed by atoms with Crippen molar-refractivity contribution in [2.45, 2.75) is 19.9 Å². The Morgan fingerprint density at radius 1 is 1.33 bits per heavy atom. The third-order valence-corrected chi connectivity index (χ3v) is 2.58. The molecule has 2 aromatic rings. The lowest BCUT2D eigenvalue weighted by molar-refractivity contribution is -0.385. The molecule has 0 fully saturated rings. The highest BCUT2D eigenvalue weighted by Crippen LogP contribution is 2.30. The van der Waals surface area contributed by atoms with Gasteiger partial charge in [0.25, 0.3) is 5.88 Å². The summed E-state index contributed by atoms with van der Waals surface area (Å²) in [6.45, 7) is 2.59. The second-order valence-corrected chi connectivity index (χ2v) is 4.16. The lowest BCUT2D eigenvalue weighted by atomic mass is 10.3. The molecule has 2 rings (SSSR count). The van der Waals surface area contributed by atoms with Crippen molar-refractivity contribution >= 4 is 11.5 Å². The van der Waals surface area contributed by atoms with Crippen molar-refractivity contribution in [3.63, 3.8) is 0 Å². The normalized spacial score (nSPS) is 10.1. The summed E-state index contributed by atoms with van der Waals surface area (Å²) in [5.41, 5.74) is 0.489. The number of aromatic nitrogens is 3. The summed E-state index contributed by atoms with van der Waals surface area (Å²) >= 11 is 0. The van der Waals surface area contributed by atoms with Gasteiger partial charge in [-0.05, 0) is 18.6 Å². The van der Waals surface area contributed by atoms with Crippen LogP contribution in [-0.4, -0.2) is 26.5 Å². The van der Waals surface area contributed by atoms with Crippen LogP contribution in [0.15, 0.2) is 30.7 Å². The Balaban J connectivity index is 2.20. The Morgan fingerprint density at radius 3 is 2.86 bits per heavy atom. The molecule has 8 nitrogen and oxygen atoms in total. The molecule has 0 amide bonds. The van der Waals surface area contributed by atoms with Crippen LogP contribution in [0.2, 0.25) is 0 Å². The van der Waals surface area contributed by atoms with Gasteiger partial charge in [-0.1, -0.05) is 13.0 Å². The van der Waals surface area contributed by atoms with Crippen LogP contribution in [-0.2, 0) is 6.54 Å². The first-order valence-electron chi connectivity index (χ1n) is 6.48. The third kappa shape index (κ3) is 3.85. The minimum atomic E-state index is -0.550. The highest BCUT2D eigenvalue weighted by Gasteiger charge is 2.24. The van der Waals surface area contributed by atoms with Gasteiger partial charge in [0.05, 0.1) is 23.8 Å². The molecule has 0 saturated heterocycles. The molecule has 0 aliphatic rings. The smallest absolute Gasteiger partial charge is 0.372 e. The molecule has 110 valence electrons. The highest BCUT2D eigenvalue weighted by molar-refractivity contribution is 5.61. The molecule has 0 spiro atoms. The van der Waals surface area contributed by atoms with Crippen LogP contribution in [0.25, 0.3) is 0 Å². The molecule has 21 heavy (non-hydrogen) atoms. The van der Waals surface area contributed by atoms with Crippen molar-refractivity contribution in [2.24, 2.45) is 0 Å². The predicted octanol–water partition coefficient (Wildman–Crippen LogP) is 2.18. The van der Waals surface area contributed by atoms with Gasteiger partial charge in [0.15, 0.2) is 0 Å². The summed E-state index contributed by atoms with van der Waals surface area (Å²) in [7, 11) is 0. The van der Waals surface area contributed by atoms with Crippen molar-refractivity contribution in [3.05, 3.63) is 46.5 Å². The third-order valence-electron chi connectivity index (χ3n) is 2.58. The highest BCUT2D eigenvalue weighted by atomic mass is 16.6. The fraction of sp³-hybridized carbons (Fsp3) is 0.308. The molecular weight excluding hydrogens is 274 g/mol. The van der Waals surface area contributed by atoms with Crippen molar-refractivity contribution in [1.29, 1.82) is 0 Å². The van der Waals surface area contributed by atoms with Gasteiger partial charge in [0, 0.05) is 6.20 Å². The number of rotatable bonds is 7. The first-order chi connectivity index (χ1) is 10.2. The maximum Gasteiger partial charge on any atom is 0.372 e. The first-order valence-corrected chi connectivity index (χ1v) is 6.48. The van der Waals surface area contributed by atoms with E-state index in [4.69, 9.17) is 4.74 Å². The van der Waals surface area contributed by atoms with Crippen molar-refractivity contribution in [2.75, 3.05) is 11.9 Å². The molecule has 0 radical (unpaired) electrons. The lowest BCUT2D eigenvalue weighted by Gasteiger charge is -2.08. The van der Waals surface area contributed by atoms with Gasteiger partial charge in [-0.25, -0.2) is 4.98 Å². The van der Waals surface area contributed by atoms with Crippen LogP contribution in [0, 0.1) is 10.1 Å². The number of pyridine rings is 1. The Hall–Kier alpha value is -2.77. The SMILES string of the molecule is CCCOc1ncnc(NCc2ccccn2)c1[N+](=O)[O-]. The first kappa shape index (κ1) is 14.6. The molecule has 1 N–H and O–H groups in total. The zero-order valence-corrected chi connectivity index (χ0v) is 11.5. The number of nitro groups is 1. The fourth-order valence-corrected chi connectivity index (χ4v) is 1.64. The molecule has 0 aromatic carbocycles. The average molecular weight is 289 g/mol. The molecule has 2 aromatic heterocycles. The quantitative estimate of drug-likeness (QED) is 0.615. The second kappa shape index (κ2) is 7.13. The van der Waals surface area contributed by atoms with Crippen LogP contribution in [0.1, 0.15) is 19.0 Å². The predicted molar refractivity (Wildman–Crippen MR) is 76.0 cm³/mol. The van der Waals surface area contributed by atoms with E-state index in [9.17, 15) is 10.1 Å². The van der Waals surface area contributed by atoms with E-state index in [2.05, 4.69) is 20.3 Å². The summed E-state index contributed by atoms with van der Waals surface area (Å²) in [5, 5.41) is 14.1. The van der Waals surface area contributed by atoms with Gasteiger partial charge < -0.3 is 10.1 Å². The van der Waals surface area contributed by atoms with Crippen LogP contribution in [0.3, 0.4) is 0 Å². The summed E-state index contributed by atoms with van der Waals surface area (Å²) in [6.07, 6.45) is 3.62. The second-order valence-electron chi connectivity index (χ2n) is 4.16. The molecule has 2 heterocycles. The maximum atomic E-state index is 11.2. The topological polar surface area (TPSA) is 103 Å². The zero-order valence-electron chi connectivity index (χ0n) is 11.5. The van der Waals surface area contributed by atoms with E-state index in [1.54, 1.807) is 12.3 Å². The summed E-state index contributed by atoms with van der Waals surface area (Å²) in [6, 6.07) is 5.45. The van der Waals surface area contributed by atoms with Gasteiger partial charge in [-0.2, -0.15) is 4.98 Å². The molecule has 0 unspecified atom stereocenters. The Morgan fingerprint density at radius 2 is 2.19 bits per heavy atom. The van der Waals surface area contributed by atoms with E-state index in [0.29, 0.717) is 13.2 Å². The van der Waals surface area contributed by atoms with Gasteiger partial charge >= 0.3 is 5.69 Å². The molecule has 0 aliphatic heterocycles. The van der Waals surface area contributed by atoms with Crippen LogP contribution in [0.5, 0.6) is 5.88 Å². The van der Waals surface area contributed by atoms with E-state index < -0.39 is 4.92 Å². The Labute approximate surface area is 121 Å². The Kier molecular flexibility index (Phi) is 4.97. The number of hydrogen-bond acceptors (Lipinski definition) is 7. The average Bonchev–Trinajstić information content (AvgIpc) is 2.51. The molecule has 0 saturated carbocycles. The van der Waals surface area contributed by atoms with Crippen LogP contribution in [0.4, 0.5) is 11.5 Å². The van der Waals surface area contributed by atoms with Crippen LogP contribution < -0.4 is 10.1 Å². The van der Waals surface area contributed by atoms with E-state index in [-0.39, 0.29) is 17.4 Å². The van der Waals surface area contributed by atoms with E-state index in [1.807, 2.05) is 19.1 Å². The van der Waals surface area contributed by atoms with Crippen molar-refractivity contribution in [1.82, 2.24) is 15.0 Å². The number of nitrogens with zero attached hydrogens (tertiary/aromatic N) is 4. The number of hydrogen-bond donors (Lipinski definition) is 1. The van der Waals surface area contributed by atoms with E-state index in [1.165, 1.54) is 6.33 Å². The standard InChI is InChI=1S/C13H15N5O3/c1-2-7-21-13-11(18(19)20)12(16-9-17-13)15-8-10-5-3-4-6-14-10/h3-6,9H,2,7-8H2,1H3,(H,15,16,17). The van der Waals surface area contributed by atoms with Gasteiger partial charge in [0.1, 0.15) is 6.33 Å². The van der Waals surface area contributed by atoms with Crippen molar-refractivity contribution in [3.8, 4) is 5.88 Å². The Bertz CT molecular complexity index is 606. The maximum absolute atomic E-state index is 11.2. The minimum Gasteiger partial charge on any atom is -0.473 e. The molecule has 0 atom stereocenters. The summed E-state index contributed by atoms with van der Waals surface area (Å²) in [5.74, 6) is 0.0899. The monoisotopic (exact) mass is 289 g/mol. The van der Waals surface area contributed by atoms with Gasteiger partial charge in [-0.3, -0.25) is 15.1 Å². The van der Waals surface area contributed by atoms with E-state index in [0.717, 1.165) is 12.1 Å². The summed E-state index contributed by atoms with van der Waals surface area (Å²) < 4.78 is 5.29. The lowest BCUT2D eigenvalue weighted by Crippen LogP contribution is -2.09. The zero-order chi connectivity index (χ0) is 15.1. The summed E-state index contributed by atoms with van der Waals surface area (Å²) in [4.78, 5) is 22.5. The molecule has 0 bridgehead atoms. The van der Waals surface area contributed by atoms with E-state index >= 15 is 0 Å². The van der Waals surface area contributed by atoms with Gasteiger partial charge in [0.2, 0.25) is 5.82 Å². The number of ether oxygens (including phenoxy) is 1. The van der Waals surface area contributed by atoms with Crippen molar-refractivity contribution < 1.29 is 9.66 Å². The van der Waals surface area contributed by atoms with Crippen LogP contribution >= 0.6 is 0 Å². The molecule has 0 aliphatic carbocycles. The largest absolute Gasteiger partial charge is 0.473 e. The number of anilines is 1.